The minimum absolute atomic E-state index is 0.188. The van der Waals surface area contributed by atoms with Crippen molar-refractivity contribution in [2.75, 3.05) is 6.54 Å². The molecule has 2 rings (SSSR count). The lowest BCUT2D eigenvalue weighted by Gasteiger charge is -2.28. The topological polar surface area (TPSA) is 84.2 Å². The molecule has 3 amide bonds. The molecule has 0 aliphatic heterocycles. The highest BCUT2D eigenvalue weighted by atomic mass is 16.2. The molecule has 4 unspecified atom stereocenters. The van der Waals surface area contributed by atoms with Crippen molar-refractivity contribution in [3.8, 4) is 0 Å². The van der Waals surface area contributed by atoms with Crippen LogP contribution in [-0.2, 0) is 4.79 Å². The average molecular weight is 253 g/mol. The number of fused-ring (bicyclic) bond motifs is 2. The fourth-order valence-corrected chi connectivity index (χ4v) is 3.57. The van der Waals surface area contributed by atoms with E-state index in [1.54, 1.807) is 0 Å². The monoisotopic (exact) mass is 253 g/mol. The van der Waals surface area contributed by atoms with E-state index in [0.29, 0.717) is 12.5 Å². The van der Waals surface area contributed by atoms with Crippen molar-refractivity contribution < 1.29 is 9.59 Å². The Morgan fingerprint density at radius 2 is 2.11 bits per heavy atom. The molecule has 0 spiro atoms. The number of nitrogens with one attached hydrogen (secondary N) is 2. The SMILES string of the molecule is CC(NC(=O)NCCC(N)=O)C1CC2CCC1C2. The molecule has 2 aliphatic carbocycles. The molecule has 4 N–H and O–H groups in total. The molecule has 0 saturated heterocycles. The van der Waals surface area contributed by atoms with E-state index in [1.807, 2.05) is 0 Å². The second-order valence-corrected chi connectivity index (χ2v) is 5.74. The third-order valence-electron chi connectivity index (χ3n) is 4.45. The first-order chi connectivity index (χ1) is 8.56. The number of rotatable bonds is 5. The van der Waals surface area contributed by atoms with Gasteiger partial charge in [-0.05, 0) is 43.9 Å². The van der Waals surface area contributed by atoms with Gasteiger partial charge in [0, 0.05) is 19.0 Å². The third-order valence-corrected chi connectivity index (χ3v) is 4.45. The molecule has 2 bridgehead atoms. The molecule has 0 aromatic rings. The Morgan fingerprint density at radius 3 is 2.67 bits per heavy atom. The van der Waals surface area contributed by atoms with Crippen LogP contribution in [0.15, 0.2) is 0 Å². The summed E-state index contributed by atoms with van der Waals surface area (Å²) in [6, 6.07) is 0.0281. The number of carbonyl (C=O) groups excluding carboxylic acids is 2. The van der Waals surface area contributed by atoms with E-state index in [-0.39, 0.29) is 18.5 Å². The summed E-state index contributed by atoms with van der Waals surface area (Å²) in [4.78, 5) is 22.2. The number of hydrogen-bond donors (Lipinski definition) is 3. The number of hydrogen-bond acceptors (Lipinski definition) is 2. The summed E-state index contributed by atoms with van der Waals surface area (Å²) in [6.45, 7) is 2.39. The molecule has 2 aliphatic rings. The Bertz CT molecular complexity index is 332. The number of nitrogens with two attached hydrogens (primary N) is 1. The Kier molecular flexibility index (Phi) is 4.09. The smallest absolute Gasteiger partial charge is 0.315 e. The molecule has 0 radical (unpaired) electrons. The normalized spacial score (nSPS) is 31.1. The first kappa shape index (κ1) is 13.2. The van der Waals surface area contributed by atoms with Gasteiger partial charge < -0.3 is 16.4 Å². The average Bonchev–Trinajstić information content (AvgIpc) is 2.89. The number of carbonyl (C=O) groups is 2. The van der Waals surface area contributed by atoms with Crippen molar-refractivity contribution in [3.63, 3.8) is 0 Å². The first-order valence-electron chi connectivity index (χ1n) is 6.89. The first-order valence-corrected chi connectivity index (χ1v) is 6.89. The van der Waals surface area contributed by atoms with E-state index in [9.17, 15) is 9.59 Å². The zero-order valence-corrected chi connectivity index (χ0v) is 10.9. The third kappa shape index (κ3) is 3.15. The van der Waals surface area contributed by atoms with Crippen LogP contribution < -0.4 is 16.4 Å². The Labute approximate surface area is 108 Å². The highest BCUT2D eigenvalue weighted by Gasteiger charge is 2.42. The molecule has 4 atom stereocenters. The summed E-state index contributed by atoms with van der Waals surface area (Å²) in [5.74, 6) is 1.93. The van der Waals surface area contributed by atoms with Gasteiger partial charge >= 0.3 is 6.03 Å². The summed E-state index contributed by atoms with van der Waals surface area (Å²) < 4.78 is 0. The Balaban J connectivity index is 1.69. The summed E-state index contributed by atoms with van der Waals surface area (Å²) in [5, 5.41) is 5.64. The molecular weight excluding hydrogens is 230 g/mol. The number of primary amides is 1. The van der Waals surface area contributed by atoms with E-state index in [2.05, 4.69) is 17.6 Å². The highest BCUT2D eigenvalue weighted by molar-refractivity contribution is 5.77. The van der Waals surface area contributed by atoms with E-state index in [1.165, 1.54) is 25.7 Å². The van der Waals surface area contributed by atoms with Gasteiger partial charge in [-0.25, -0.2) is 4.79 Å². The van der Waals surface area contributed by atoms with Crippen LogP contribution in [0.25, 0.3) is 0 Å². The highest BCUT2D eigenvalue weighted by Crippen LogP contribution is 2.49. The van der Waals surface area contributed by atoms with Gasteiger partial charge in [-0.1, -0.05) is 6.42 Å². The molecule has 2 saturated carbocycles. The van der Waals surface area contributed by atoms with Gasteiger partial charge in [0.2, 0.25) is 5.91 Å². The second kappa shape index (κ2) is 5.59. The van der Waals surface area contributed by atoms with Crippen molar-refractivity contribution in [2.24, 2.45) is 23.5 Å². The maximum atomic E-state index is 11.6. The standard InChI is InChI=1S/C13H23N3O2/c1-8(11-7-9-2-3-10(11)6-9)16-13(18)15-5-4-12(14)17/h8-11H,2-7H2,1H3,(H2,14,17)(H2,15,16,18). The Morgan fingerprint density at radius 1 is 1.33 bits per heavy atom. The van der Waals surface area contributed by atoms with Crippen molar-refractivity contribution in [1.29, 1.82) is 0 Å². The number of urea groups is 1. The van der Waals surface area contributed by atoms with Gasteiger partial charge in [0.1, 0.15) is 0 Å². The predicted octanol–water partition coefficient (Wildman–Crippen LogP) is 0.986. The fourth-order valence-electron chi connectivity index (χ4n) is 3.57. The molecule has 18 heavy (non-hydrogen) atoms. The minimum atomic E-state index is -0.392. The van der Waals surface area contributed by atoms with E-state index < -0.39 is 5.91 Å². The van der Waals surface area contributed by atoms with Gasteiger partial charge in [0.15, 0.2) is 0 Å². The lowest BCUT2D eigenvalue weighted by molar-refractivity contribution is -0.117. The molecule has 102 valence electrons. The second-order valence-electron chi connectivity index (χ2n) is 5.74. The van der Waals surface area contributed by atoms with Crippen LogP contribution in [0.4, 0.5) is 4.79 Å². The fraction of sp³-hybridized carbons (Fsp3) is 0.846. The summed E-state index contributed by atoms with van der Waals surface area (Å²) in [6.07, 6.45) is 5.49. The zero-order valence-electron chi connectivity index (χ0n) is 10.9. The molecular formula is C13H23N3O2. The molecule has 5 heteroatoms. The van der Waals surface area contributed by atoms with Crippen LogP contribution in [0, 0.1) is 17.8 Å². The quantitative estimate of drug-likeness (QED) is 0.682. The van der Waals surface area contributed by atoms with Gasteiger partial charge in [0.05, 0.1) is 0 Å². The van der Waals surface area contributed by atoms with Crippen LogP contribution in [0.3, 0.4) is 0 Å². The van der Waals surface area contributed by atoms with Crippen LogP contribution in [0.1, 0.15) is 39.0 Å². The molecule has 0 heterocycles. The van der Waals surface area contributed by atoms with E-state index >= 15 is 0 Å². The van der Waals surface area contributed by atoms with Crippen LogP contribution in [-0.4, -0.2) is 24.5 Å². The maximum Gasteiger partial charge on any atom is 0.315 e. The van der Waals surface area contributed by atoms with Gasteiger partial charge in [-0.15, -0.1) is 0 Å². The number of amides is 3. The van der Waals surface area contributed by atoms with E-state index in [4.69, 9.17) is 5.73 Å². The molecule has 0 aromatic heterocycles. The summed E-state index contributed by atoms with van der Waals surface area (Å²) >= 11 is 0. The largest absolute Gasteiger partial charge is 0.370 e. The van der Waals surface area contributed by atoms with Crippen LogP contribution in [0.2, 0.25) is 0 Å². The predicted molar refractivity (Wildman–Crippen MR) is 68.7 cm³/mol. The lowest BCUT2D eigenvalue weighted by atomic mass is 9.84. The summed E-state index contributed by atoms with van der Waals surface area (Å²) in [7, 11) is 0. The summed E-state index contributed by atoms with van der Waals surface area (Å²) in [5.41, 5.74) is 5.01. The van der Waals surface area contributed by atoms with E-state index in [0.717, 1.165) is 11.8 Å². The minimum Gasteiger partial charge on any atom is -0.370 e. The van der Waals surface area contributed by atoms with Crippen LogP contribution >= 0.6 is 0 Å². The van der Waals surface area contributed by atoms with Crippen molar-refractivity contribution in [1.82, 2.24) is 10.6 Å². The lowest BCUT2D eigenvalue weighted by Crippen LogP contribution is -2.45. The van der Waals surface area contributed by atoms with Crippen molar-refractivity contribution in [3.05, 3.63) is 0 Å². The van der Waals surface area contributed by atoms with Crippen LogP contribution in [0.5, 0.6) is 0 Å². The van der Waals surface area contributed by atoms with Crippen molar-refractivity contribution in [2.45, 2.75) is 45.1 Å². The molecule has 0 aromatic carbocycles. The van der Waals surface area contributed by atoms with Gasteiger partial charge in [0.25, 0.3) is 0 Å². The maximum absolute atomic E-state index is 11.6. The van der Waals surface area contributed by atoms with Crippen molar-refractivity contribution >= 4 is 11.9 Å². The Hall–Kier alpha value is -1.26. The molecule has 2 fully saturated rings. The van der Waals surface area contributed by atoms with Gasteiger partial charge in [-0.2, -0.15) is 0 Å². The molecule has 5 nitrogen and oxygen atoms in total. The van der Waals surface area contributed by atoms with Gasteiger partial charge in [-0.3, -0.25) is 4.79 Å². The zero-order chi connectivity index (χ0) is 13.1.